The van der Waals surface area contributed by atoms with Gasteiger partial charge in [0, 0.05) is 12.2 Å². The Kier molecular flexibility index (Phi) is 4.27. The van der Waals surface area contributed by atoms with E-state index in [2.05, 4.69) is 10.4 Å². The van der Waals surface area contributed by atoms with Crippen molar-refractivity contribution in [3.8, 4) is 0 Å². The molecule has 0 aromatic carbocycles. The van der Waals surface area contributed by atoms with Crippen LogP contribution in [0.1, 0.15) is 36.6 Å². The summed E-state index contributed by atoms with van der Waals surface area (Å²) in [5, 5.41) is 7.47. The molecule has 2 aromatic rings. The second-order valence-electron chi connectivity index (χ2n) is 4.40. The van der Waals surface area contributed by atoms with Crippen LogP contribution in [0, 0.1) is 0 Å². The van der Waals surface area contributed by atoms with Crippen LogP contribution in [0.4, 0.5) is 0 Å². The van der Waals surface area contributed by atoms with E-state index in [1.165, 1.54) is 0 Å². The zero-order chi connectivity index (χ0) is 13.8. The number of rotatable bonds is 5. The summed E-state index contributed by atoms with van der Waals surface area (Å²) in [4.78, 5) is 11.8. The minimum atomic E-state index is -0.195. The van der Waals surface area contributed by atoms with Crippen LogP contribution in [0.15, 0.2) is 28.9 Å². The van der Waals surface area contributed by atoms with Gasteiger partial charge in [-0.1, -0.05) is 18.5 Å². The quantitative estimate of drug-likeness (QED) is 0.917. The summed E-state index contributed by atoms with van der Waals surface area (Å²) in [5.74, 6) is 0.779. The SMILES string of the molecule is CC[C@@H](C)NC(=O)c1ccc(Cn2cc(Cl)cn2)o1. The predicted octanol–water partition coefficient (Wildman–Crippen LogP) is 2.71. The number of halogens is 1. The van der Waals surface area contributed by atoms with Crippen LogP contribution >= 0.6 is 11.6 Å². The molecule has 2 aromatic heterocycles. The van der Waals surface area contributed by atoms with E-state index in [9.17, 15) is 4.79 Å². The van der Waals surface area contributed by atoms with Crippen molar-refractivity contribution in [3.63, 3.8) is 0 Å². The number of carbonyl (C=O) groups excluding carboxylic acids is 1. The van der Waals surface area contributed by atoms with Crippen molar-refractivity contribution in [1.29, 1.82) is 0 Å². The molecular formula is C13H16ClN3O2. The van der Waals surface area contributed by atoms with Gasteiger partial charge in [-0.3, -0.25) is 9.48 Å². The molecule has 2 rings (SSSR count). The molecule has 0 aliphatic carbocycles. The fourth-order valence-corrected chi connectivity index (χ4v) is 1.72. The van der Waals surface area contributed by atoms with E-state index in [1.807, 2.05) is 13.8 Å². The maximum atomic E-state index is 11.8. The second-order valence-corrected chi connectivity index (χ2v) is 4.84. The van der Waals surface area contributed by atoms with Gasteiger partial charge >= 0.3 is 0 Å². The van der Waals surface area contributed by atoms with Gasteiger partial charge in [-0.15, -0.1) is 0 Å². The highest BCUT2D eigenvalue weighted by molar-refractivity contribution is 6.30. The molecule has 19 heavy (non-hydrogen) atoms. The van der Waals surface area contributed by atoms with Crippen LogP contribution in [0.25, 0.3) is 0 Å². The third-order valence-electron chi connectivity index (χ3n) is 2.79. The van der Waals surface area contributed by atoms with Crippen LogP contribution in [0.5, 0.6) is 0 Å². The van der Waals surface area contributed by atoms with Gasteiger partial charge in [-0.2, -0.15) is 5.10 Å². The van der Waals surface area contributed by atoms with E-state index in [4.69, 9.17) is 16.0 Å². The number of nitrogens with one attached hydrogen (secondary N) is 1. The van der Waals surface area contributed by atoms with E-state index in [1.54, 1.807) is 29.2 Å². The van der Waals surface area contributed by atoms with E-state index >= 15 is 0 Å². The number of aromatic nitrogens is 2. The third-order valence-corrected chi connectivity index (χ3v) is 2.99. The predicted molar refractivity (Wildman–Crippen MR) is 72.3 cm³/mol. The lowest BCUT2D eigenvalue weighted by Crippen LogP contribution is -2.31. The Morgan fingerprint density at radius 1 is 1.58 bits per heavy atom. The summed E-state index contributed by atoms with van der Waals surface area (Å²) in [6, 6.07) is 3.56. The molecule has 0 aliphatic rings. The van der Waals surface area contributed by atoms with Gasteiger partial charge in [0.25, 0.3) is 5.91 Å². The Hall–Kier alpha value is -1.75. The number of hydrogen-bond donors (Lipinski definition) is 1. The summed E-state index contributed by atoms with van der Waals surface area (Å²) < 4.78 is 7.14. The van der Waals surface area contributed by atoms with Crippen molar-refractivity contribution in [3.05, 3.63) is 41.1 Å². The monoisotopic (exact) mass is 281 g/mol. The van der Waals surface area contributed by atoms with Gasteiger partial charge in [0.2, 0.25) is 0 Å². The van der Waals surface area contributed by atoms with Gasteiger partial charge in [0.15, 0.2) is 5.76 Å². The van der Waals surface area contributed by atoms with E-state index in [0.29, 0.717) is 23.1 Å². The molecule has 0 spiro atoms. The maximum Gasteiger partial charge on any atom is 0.287 e. The molecule has 1 N–H and O–H groups in total. The molecule has 0 fully saturated rings. The largest absolute Gasteiger partial charge is 0.454 e. The van der Waals surface area contributed by atoms with Gasteiger partial charge in [-0.25, -0.2) is 0 Å². The molecule has 6 heteroatoms. The first kappa shape index (κ1) is 13.7. The highest BCUT2D eigenvalue weighted by Crippen LogP contribution is 2.12. The third kappa shape index (κ3) is 3.61. The minimum absolute atomic E-state index is 0.131. The molecule has 0 aliphatic heterocycles. The highest BCUT2D eigenvalue weighted by atomic mass is 35.5. The average Bonchev–Trinajstić information content (AvgIpc) is 2.99. The summed E-state index contributed by atoms with van der Waals surface area (Å²) in [7, 11) is 0. The number of carbonyl (C=O) groups is 1. The van der Waals surface area contributed by atoms with Crippen LogP contribution in [0.2, 0.25) is 5.02 Å². The maximum absolute atomic E-state index is 11.8. The Bertz CT molecular complexity index is 562. The first-order valence-corrected chi connectivity index (χ1v) is 6.53. The lowest BCUT2D eigenvalue weighted by atomic mass is 10.2. The smallest absolute Gasteiger partial charge is 0.287 e. The molecule has 1 atom stereocenters. The molecular weight excluding hydrogens is 266 g/mol. The summed E-state index contributed by atoms with van der Waals surface area (Å²) in [5.41, 5.74) is 0. The normalized spacial score (nSPS) is 12.4. The van der Waals surface area contributed by atoms with Gasteiger partial charge in [0.1, 0.15) is 5.76 Å². The fraction of sp³-hybridized carbons (Fsp3) is 0.385. The molecule has 0 radical (unpaired) electrons. The van der Waals surface area contributed by atoms with E-state index in [-0.39, 0.29) is 11.9 Å². The van der Waals surface area contributed by atoms with Crippen molar-refractivity contribution in [2.24, 2.45) is 0 Å². The Morgan fingerprint density at radius 3 is 3.00 bits per heavy atom. The molecule has 0 saturated carbocycles. The van der Waals surface area contributed by atoms with Crippen molar-refractivity contribution in [2.45, 2.75) is 32.9 Å². The molecule has 0 bridgehead atoms. The van der Waals surface area contributed by atoms with Crippen LogP contribution in [-0.4, -0.2) is 21.7 Å². The van der Waals surface area contributed by atoms with Gasteiger partial charge in [0.05, 0.1) is 17.8 Å². The van der Waals surface area contributed by atoms with E-state index in [0.717, 1.165) is 6.42 Å². The Balaban J connectivity index is 2.00. The molecule has 0 unspecified atom stereocenters. The number of hydrogen-bond acceptors (Lipinski definition) is 3. The highest BCUT2D eigenvalue weighted by Gasteiger charge is 2.13. The molecule has 2 heterocycles. The summed E-state index contributed by atoms with van der Waals surface area (Å²) in [6.45, 7) is 4.41. The zero-order valence-electron chi connectivity index (χ0n) is 10.9. The molecule has 5 nitrogen and oxygen atoms in total. The number of nitrogens with zero attached hydrogens (tertiary/aromatic N) is 2. The van der Waals surface area contributed by atoms with Crippen molar-refractivity contribution < 1.29 is 9.21 Å². The van der Waals surface area contributed by atoms with Crippen LogP contribution < -0.4 is 5.32 Å². The fourth-order valence-electron chi connectivity index (χ4n) is 1.57. The lowest BCUT2D eigenvalue weighted by Gasteiger charge is -2.09. The average molecular weight is 282 g/mol. The molecule has 1 amide bonds. The second kappa shape index (κ2) is 5.93. The Morgan fingerprint density at radius 2 is 2.37 bits per heavy atom. The van der Waals surface area contributed by atoms with Gasteiger partial charge in [-0.05, 0) is 25.5 Å². The number of amides is 1. The first-order chi connectivity index (χ1) is 9.08. The van der Waals surface area contributed by atoms with Crippen molar-refractivity contribution in [1.82, 2.24) is 15.1 Å². The number of furan rings is 1. The van der Waals surface area contributed by atoms with Crippen LogP contribution in [0.3, 0.4) is 0 Å². The first-order valence-electron chi connectivity index (χ1n) is 6.16. The lowest BCUT2D eigenvalue weighted by molar-refractivity contribution is 0.0909. The topological polar surface area (TPSA) is 60.1 Å². The summed E-state index contributed by atoms with van der Waals surface area (Å²) in [6.07, 6.45) is 4.13. The van der Waals surface area contributed by atoms with E-state index < -0.39 is 0 Å². The van der Waals surface area contributed by atoms with Crippen molar-refractivity contribution >= 4 is 17.5 Å². The zero-order valence-corrected chi connectivity index (χ0v) is 11.6. The van der Waals surface area contributed by atoms with Crippen molar-refractivity contribution in [2.75, 3.05) is 0 Å². The summed E-state index contributed by atoms with van der Waals surface area (Å²) >= 11 is 5.78. The minimum Gasteiger partial charge on any atom is -0.454 e. The van der Waals surface area contributed by atoms with Crippen LogP contribution in [-0.2, 0) is 6.54 Å². The van der Waals surface area contributed by atoms with Gasteiger partial charge < -0.3 is 9.73 Å². The Labute approximate surface area is 116 Å². The standard InChI is InChI=1S/C13H16ClN3O2/c1-3-9(2)16-13(18)12-5-4-11(19-12)8-17-7-10(14)6-15-17/h4-7,9H,3,8H2,1-2H3,(H,16,18)/t9-/m1/s1. The molecule has 0 saturated heterocycles. The molecule has 102 valence electrons.